The average Bonchev–Trinajstić information content (AvgIpc) is 2.31. The number of likely N-dealkylation sites (tertiary alicyclic amines) is 2. The van der Waals surface area contributed by atoms with Gasteiger partial charge in [0.05, 0.1) is 0 Å². The summed E-state index contributed by atoms with van der Waals surface area (Å²) < 4.78 is 5.37. The molecule has 2 rings (SSSR count). The van der Waals surface area contributed by atoms with Crippen molar-refractivity contribution in [3.63, 3.8) is 0 Å². The Balaban J connectivity index is 1.64. The Hall–Kier alpha value is -0.810. The predicted molar refractivity (Wildman–Crippen MR) is 84.5 cm³/mol. The third kappa shape index (κ3) is 4.85. The largest absolute Gasteiger partial charge is 0.444 e. The van der Waals surface area contributed by atoms with Crippen LogP contribution in [-0.2, 0) is 4.74 Å². The summed E-state index contributed by atoms with van der Waals surface area (Å²) in [6.07, 6.45) is 2.23. The van der Waals surface area contributed by atoms with Crippen LogP contribution < -0.4 is 5.32 Å². The zero-order chi connectivity index (χ0) is 15.6. The summed E-state index contributed by atoms with van der Waals surface area (Å²) in [5.41, 5.74) is -0.403. The molecule has 2 heterocycles. The molecule has 0 saturated carbocycles. The molecule has 0 unspecified atom stereocenters. The number of carbonyl (C=O) groups is 1. The van der Waals surface area contributed by atoms with Crippen LogP contribution in [-0.4, -0.2) is 65.8 Å². The van der Waals surface area contributed by atoms with Gasteiger partial charge in [-0.3, -0.25) is 0 Å². The van der Waals surface area contributed by atoms with Gasteiger partial charge in [0.1, 0.15) is 5.60 Å². The number of rotatable bonds is 3. The number of piperidine rings is 1. The molecule has 2 fully saturated rings. The van der Waals surface area contributed by atoms with Gasteiger partial charge in [0.15, 0.2) is 0 Å². The lowest BCUT2D eigenvalue weighted by molar-refractivity contribution is 0.00294. The summed E-state index contributed by atoms with van der Waals surface area (Å²) in [6, 6.07) is 1.69. The molecule has 0 aromatic rings. The molecule has 1 N–H and O–H groups in total. The maximum atomic E-state index is 11.9. The molecule has 0 atom stereocenters. The van der Waals surface area contributed by atoms with Crippen molar-refractivity contribution in [1.82, 2.24) is 15.1 Å². The molecule has 0 aliphatic carbocycles. The molecular weight excluding hydrogens is 266 g/mol. The highest BCUT2D eigenvalue weighted by atomic mass is 16.6. The van der Waals surface area contributed by atoms with E-state index in [0.29, 0.717) is 18.1 Å². The molecule has 122 valence electrons. The van der Waals surface area contributed by atoms with E-state index in [-0.39, 0.29) is 6.09 Å². The van der Waals surface area contributed by atoms with Crippen molar-refractivity contribution >= 4 is 6.09 Å². The van der Waals surface area contributed by atoms with Crippen LogP contribution in [0.5, 0.6) is 0 Å². The maximum absolute atomic E-state index is 11.9. The first-order valence-electron chi connectivity index (χ1n) is 8.22. The highest BCUT2D eigenvalue weighted by molar-refractivity contribution is 5.69. The second kappa shape index (κ2) is 6.53. The van der Waals surface area contributed by atoms with E-state index in [4.69, 9.17) is 4.74 Å². The van der Waals surface area contributed by atoms with Crippen LogP contribution in [0.25, 0.3) is 0 Å². The Morgan fingerprint density at radius 3 is 2.19 bits per heavy atom. The Morgan fingerprint density at radius 1 is 1.14 bits per heavy atom. The summed E-state index contributed by atoms with van der Waals surface area (Å²) in [7, 11) is 0. The molecule has 2 saturated heterocycles. The summed E-state index contributed by atoms with van der Waals surface area (Å²) >= 11 is 0. The zero-order valence-corrected chi connectivity index (χ0v) is 14.2. The zero-order valence-electron chi connectivity index (χ0n) is 14.2. The number of amides is 1. The minimum atomic E-state index is -0.403. The SMILES string of the molecule is CC(C)N1CCC(NC2CN(C(=O)OC(C)(C)C)C2)CC1. The molecular formula is C16H31N3O2. The van der Waals surface area contributed by atoms with Crippen molar-refractivity contribution in [2.24, 2.45) is 0 Å². The Kier molecular flexibility index (Phi) is 5.15. The number of ether oxygens (including phenoxy) is 1. The molecule has 5 nitrogen and oxygen atoms in total. The molecule has 0 aromatic heterocycles. The molecule has 21 heavy (non-hydrogen) atoms. The predicted octanol–water partition coefficient (Wildman–Crippen LogP) is 2.07. The smallest absolute Gasteiger partial charge is 0.410 e. The van der Waals surface area contributed by atoms with E-state index in [1.165, 1.54) is 25.9 Å². The second-order valence-electron chi connectivity index (χ2n) is 7.65. The first kappa shape index (κ1) is 16.6. The highest BCUT2D eigenvalue weighted by Crippen LogP contribution is 2.18. The van der Waals surface area contributed by atoms with Crippen molar-refractivity contribution in [3.05, 3.63) is 0 Å². The minimum absolute atomic E-state index is 0.185. The van der Waals surface area contributed by atoms with Crippen LogP contribution in [0.1, 0.15) is 47.5 Å². The fourth-order valence-corrected chi connectivity index (χ4v) is 2.98. The Labute approximate surface area is 129 Å². The summed E-state index contributed by atoms with van der Waals surface area (Å²) in [5, 5.41) is 3.69. The third-order valence-corrected chi connectivity index (χ3v) is 4.26. The normalized spacial score (nSPS) is 22.5. The molecule has 5 heteroatoms. The van der Waals surface area contributed by atoms with Gasteiger partial charge in [-0.15, -0.1) is 0 Å². The van der Waals surface area contributed by atoms with E-state index >= 15 is 0 Å². The number of carbonyl (C=O) groups excluding carboxylic acids is 1. The van der Waals surface area contributed by atoms with Gasteiger partial charge in [-0.25, -0.2) is 4.79 Å². The average molecular weight is 297 g/mol. The van der Waals surface area contributed by atoms with Gasteiger partial charge in [0.2, 0.25) is 0 Å². The Bertz CT molecular complexity index is 351. The standard InChI is InChI=1S/C16H31N3O2/c1-12(2)18-8-6-13(7-9-18)17-14-10-19(11-14)15(20)21-16(3,4)5/h12-14,17H,6-11H2,1-5H3. The number of nitrogens with one attached hydrogen (secondary N) is 1. The molecule has 2 aliphatic heterocycles. The van der Waals surface area contributed by atoms with Crippen molar-refractivity contribution in [2.75, 3.05) is 26.2 Å². The van der Waals surface area contributed by atoms with Crippen LogP contribution in [0.4, 0.5) is 4.79 Å². The van der Waals surface area contributed by atoms with Crippen LogP contribution in [0.2, 0.25) is 0 Å². The van der Waals surface area contributed by atoms with Crippen molar-refractivity contribution in [3.8, 4) is 0 Å². The topological polar surface area (TPSA) is 44.8 Å². The highest BCUT2D eigenvalue weighted by Gasteiger charge is 2.35. The summed E-state index contributed by atoms with van der Waals surface area (Å²) in [4.78, 5) is 16.2. The van der Waals surface area contributed by atoms with Crippen molar-refractivity contribution < 1.29 is 9.53 Å². The quantitative estimate of drug-likeness (QED) is 0.866. The van der Waals surface area contributed by atoms with Crippen LogP contribution in [0.3, 0.4) is 0 Å². The minimum Gasteiger partial charge on any atom is -0.444 e. The van der Waals surface area contributed by atoms with Crippen LogP contribution in [0.15, 0.2) is 0 Å². The lowest BCUT2D eigenvalue weighted by Gasteiger charge is -2.43. The van der Waals surface area contributed by atoms with Crippen LogP contribution >= 0.6 is 0 Å². The second-order valence-corrected chi connectivity index (χ2v) is 7.65. The monoisotopic (exact) mass is 297 g/mol. The third-order valence-electron chi connectivity index (χ3n) is 4.26. The van der Waals surface area contributed by atoms with Gasteiger partial charge in [-0.1, -0.05) is 0 Å². The van der Waals surface area contributed by atoms with E-state index < -0.39 is 5.60 Å². The lowest BCUT2D eigenvalue weighted by Crippen LogP contribution is -2.63. The van der Waals surface area contributed by atoms with E-state index in [0.717, 1.165) is 13.1 Å². The van der Waals surface area contributed by atoms with Crippen LogP contribution in [0, 0.1) is 0 Å². The number of nitrogens with zero attached hydrogens (tertiary/aromatic N) is 2. The molecule has 0 aromatic carbocycles. The van der Waals surface area contributed by atoms with E-state index in [1.807, 2.05) is 20.8 Å². The molecule has 0 bridgehead atoms. The van der Waals surface area contributed by atoms with Crippen molar-refractivity contribution in [1.29, 1.82) is 0 Å². The van der Waals surface area contributed by atoms with E-state index in [1.54, 1.807) is 4.90 Å². The van der Waals surface area contributed by atoms with Gasteiger partial charge in [-0.2, -0.15) is 0 Å². The van der Waals surface area contributed by atoms with E-state index in [2.05, 4.69) is 24.1 Å². The summed E-state index contributed by atoms with van der Waals surface area (Å²) in [5.74, 6) is 0. The number of hydrogen-bond donors (Lipinski definition) is 1. The maximum Gasteiger partial charge on any atom is 0.410 e. The van der Waals surface area contributed by atoms with Gasteiger partial charge >= 0.3 is 6.09 Å². The first-order chi connectivity index (χ1) is 9.74. The van der Waals surface area contributed by atoms with Gasteiger partial charge in [-0.05, 0) is 60.5 Å². The van der Waals surface area contributed by atoms with E-state index in [9.17, 15) is 4.79 Å². The molecule has 2 aliphatic rings. The first-order valence-corrected chi connectivity index (χ1v) is 8.22. The van der Waals surface area contributed by atoms with Crippen molar-refractivity contribution in [2.45, 2.75) is 71.2 Å². The lowest BCUT2D eigenvalue weighted by atomic mass is 10.0. The van der Waals surface area contributed by atoms with Gasteiger partial charge < -0.3 is 19.9 Å². The van der Waals surface area contributed by atoms with Gasteiger partial charge in [0.25, 0.3) is 0 Å². The molecule has 1 amide bonds. The fourth-order valence-electron chi connectivity index (χ4n) is 2.98. The number of hydrogen-bond acceptors (Lipinski definition) is 4. The summed E-state index contributed by atoms with van der Waals surface area (Å²) in [6.45, 7) is 14.2. The molecule has 0 radical (unpaired) electrons. The van der Waals surface area contributed by atoms with Gasteiger partial charge in [0, 0.05) is 31.2 Å². The molecule has 0 spiro atoms. The Morgan fingerprint density at radius 2 is 1.71 bits per heavy atom. The fraction of sp³-hybridized carbons (Fsp3) is 0.938.